The van der Waals surface area contributed by atoms with Gasteiger partial charge < -0.3 is 4.90 Å². The molecule has 5 heteroatoms. The van der Waals surface area contributed by atoms with Gasteiger partial charge in [-0.1, -0.05) is 18.2 Å². The van der Waals surface area contributed by atoms with E-state index in [0.29, 0.717) is 11.4 Å². The molecule has 0 N–H and O–H groups in total. The Morgan fingerprint density at radius 1 is 1.14 bits per heavy atom. The maximum Gasteiger partial charge on any atom is 0.257 e. The lowest BCUT2D eigenvalue weighted by Gasteiger charge is -2.34. The fraction of sp³-hybridized carbons (Fsp3) is 0.235. The lowest BCUT2D eigenvalue weighted by atomic mass is 9.90. The number of rotatable bonds is 1. The Balaban J connectivity index is 1.88. The van der Waals surface area contributed by atoms with Gasteiger partial charge in [0.15, 0.2) is 0 Å². The van der Waals surface area contributed by atoms with Gasteiger partial charge in [-0.3, -0.25) is 14.6 Å². The van der Waals surface area contributed by atoms with Crippen LogP contribution in [0.2, 0.25) is 0 Å². The first-order chi connectivity index (χ1) is 11.4. The zero-order valence-corrected chi connectivity index (χ0v) is 11.9. The molecule has 2 aromatic rings. The van der Waals surface area contributed by atoms with E-state index in [4.69, 9.17) is 2.74 Å². The normalized spacial score (nSPS) is 27.1. The summed E-state index contributed by atoms with van der Waals surface area (Å²) in [6, 6.07) is 11.2. The van der Waals surface area contributed by atoms with Crippen molar-refractivity contribution >= 4 is 23.2 Å². The van der Waals surface area contributed by atoms with Gasteiger partial charge in [0.25, 0.3) is 5.91 Å². The summed E-state index contributed by atoms with van der Waals surface area (Å²) in [5, 5.41) is 0. The number of hydrogen-bond acceptors (Lipinski definition) is 4. The Hall–Kier alpha value is -2.69. The number of aromatic nitrogens is 1. The van der Waals surface area contributed by atoms with E-state index in [2.05, 4.69) is 4.98 Å². The molecule has 0 radical (unpaired) electrons. The molecule has 5 nitrogen and oxygen atoms in total. The van der Waals surface area contributed by atoms with Crippen LogP contribution in [0.25, 0.3) is 0 Å². The van der Waals surface area contributed by atoms with Gasteiger partial charge in [0.2, 0.25) is 5.91 Å². The number of pyridine rings is 1. The monoisotopic (exact) mass is 295 g/mol. The largest absolute Gasteiger partial charge is 0.360 e. The zero-order chi connectivity index (χ0) is 17.1. The molecule has 22 heavy (non-hydrogen) atoms. The number of amides is 2. The molecule has 0 saturated carbocycles. The first-order valence-electron chi connectivity index (χ1n) is 8.06. The van der Waals surface area contributed by atoms with Gasteiger partial charge in [0, 0.05) is 22.4 Å². The SMILES string of the molecule is [2H]C1([2H])c2ncccc2N(C)[C@@H]2C(=O)N(c3ccccc3)C(=O)[C@@H]21. The van der Waals surface area contributed by atoms with Crippen LogP contribution >= 0.6 is 0 Å². The minimum Gasteiger partial charge on any atom is -0.360 e. The number of likely N-dealkylation sites (N-methyl/N-ethyl adjacent to an activating group) is 1. The molecular formula is C17H15N3O2. The van der Waals surface area contributed by atoms with Gasteiger partial charge in [0.1, 0.15) is 6.04 Å². The Bertz CT molecular complexity index is 841. The van der Waals surface area contributed by atoms with Crippen LogP contribution in [0, 0.1) is 5.92 Å². The molecule has 2 atom stereocenters. The number of benzene rings is 1. The van der Waals surface area contributed by atoms with Crippen molar-refractivity contribution in [2.45, 2.75) is 12.4 Å². The summed E-state index contributed by atoms with van der Waals surface area (Å²) >= 11 is 0. The molecule has 1 fully saturated rings. The van der Waals surface area contributed by atoms with E-state index in [1.54, 1.807) is 54.4 Å². The zero-order valence-electron chi connectivity index (χ0n) is 13.9. The molecule has 2 aliphatic heterocycles. The van der Waals surface area contributed by atoms with Crippen molar-refractivity contribution in [3.63, 3.8) is 0 Å². The molecule has 1 saturated heterocycles. The van der Waals surface area contributed by atoms with Gasteiger partial charge in [-0.2, -0.15) is 0 Å². The number of para-hydroxylation sites is 1. The van der Waals surface area contributed by atoms with Crippen LogP contribution in [0.15, 0.2) is 48.7 Å². The minimum atomic E-state index is -2.01. The fourth-order valence-electron chi connectivity index (χ4n) is 3.11. The van der Waals surface area contributed by atoms with Crippen molar-refractivity contribution in [1.29, 1.82) is 0 Å². The van der Waals surface area contributed by atoms with Crippen LogP contribution in [0.1, 0.15) is 8.44 Å². The highest BCUT2D eigenvalue weighted by Crippen LogP contribution is 2.38. The summed E-state index contributed by atoms with van der Waals surface area (Å²) in [5.74, 6) is -2.04. The molecule has 1 aromatic heterocycles. The quantitative estimate of drug-likeness (QED) is 0.750. The average molecular weight is 295 g/mol. The summed E-state index contributed by atoms with van der Waals surface area (Å²) in [6.07, 6.45) is -0.509. The number of anilines is 2. The maximum absolute atomic E-state index is 12.9. The van der Waals surface area contributed by atoms with E-state index in [0.717, 1.165) is 4.90 Å². The van der Waals surface area contributed by atoms with E-state index >= 15 is 0 Å². The lowest BCUT2D eigenvalue weighted by molar-refractivity contribution is -0.122. The maximum atomic E-state index is 12.9. The summed E-state index contributed by atoms with van der Waals surface area (Å²) in [6.45, 7) is 0. The molecule has 0 aliphatic carbocycles. The Morgan fingerprint density at radius 3 is 2.68 bits per heavy atom. The van der Waals surface area contributed by atoms with Crippen LogP contribution in [0.4, 0.5) is 11.4 Å². The first kappa shape index (κ1) is 11.0. The second-order valence-corrected chi connectivity index (χ2v) is 5.40. The molecule has 2 aliphatic rings. The minimum absolute atomic E-state index is 0.199. The summed E-state index contributed by atoms with van der Waals surface area (Å²) in [7, 11) is 1.70. The summed E-state index contributed by atoms with van der Waals surface area (Å²) < 4.78 is 17.0. The van der Waals surface area contributed by atoms with Crippen molar-refractivity contribution < 1.29 is 12.3 Å². The first-order valence-corrected chi connectivity index (χ1v) is 7.06. The second-order valence-electron chi connectivity index (χ2n) is 5.40. The van der Waals surface area contributed by atoms with Crippen molar-refractivity contribution in [1.82, 2.24) is 4.98 Å². The van der Waals surface area contributed by atoms with E-state index in [1.807, 2.05) is 0 Å². The molecule has 0 unspecified atom stereocenters. The second kappa shape index (κ2) is 4.66. The van der Waals surface area contributed by atoms with Crippen LogP contribution in [0.3, 0.4) is 0 Å². The smallest absolute Gasteiger partial charge is 0.257 e. The van der Waals surface area contributed by atoms with Gasteiger partial charge in [-0.15, -0.1) is 0 Å². The topological polar surface area (TPSA) is 53.5 Å². The molecule has 4 rings (SSSR count). The number of carbonyl (C=O) groups excluding carboxylic acids is 2. The van der Waals surface area contributed by atoms with E-state index in [1.165, 1.54) is 6.20 Å². The Kier molecular flexibility index (Phi) is 2.32. The number of fused-ring (bicyclic) bond motifs is 2. The number of imide groups is 1. The predicted molar refractivity (Wildman–Crippen MR) is 82.6 cm³/mol. The molecule has 3 heterocycles. The van der Waals surface area contributed by atoms with Crippen molar-refractivity contribution in [3.8, 4) is 0 Å². The number of nitrogens with zero attached hydrogens (tertiary/aromatic N) is 3. The standard InChI is InChI=1S/C17H15N3O2/c1-19-14-8-5-9-18-13(14)10-12-15(19)17(22)20(16(12)21)11-6-3-2-4-7-11/h2-9,12,15H,10H2,1H3/t12-,15+/m1/s1/i10D2. The number of hydrogen-bond donors (Lipinski definition) is 0. The highest BCUT2D eigenvalue weighted by Gasteiger charge is 2.52. The van der Waals surface area contributed by atoms with Crippen molar-refractivity contribution in [2.24, 2.45) is 5.92 Å². The van der Waals surface area contributed by atoms with E-state index in [-0.39, 0.29) is 5.69 Å². The average Bonchev–Trinajstić information content (AvgIpc) is 2.86. The highest BCUT2D eigenvalue weighted by molar-refractivity contribution is 6.24. The Morgan fingerprint density at radius 2 is 1.91 bits per heavy atom. The van der Waals surface area contributed by atoms with Crippen LogP contribution in [-0.4, -0.2) is 29.9 Å². The van der Waals surface area contributed by atoms with E-state index in [9.17, 15) is 9.59 Å². The molecule has 0 bridgehead atoms. The van der Waals surface area contributed by atoms with Crippen LogP contribution in [0.5, 0.6) is 0 Å². The summed E-state index contributed by atoms with van der Waals surface area (Å²) in [5.41, 5.74) is 1.20. The lowest BCUT2D eigenvalue weighted by Crippen LogP contribution is -2.46. The van der Waals surface area contributed by atoms with Gasteiger partial charge in [0.05, 0.1) is 23.0 Å². The van der Waals surface area contributed by atoms with Gasteiger partial charge >= 0.3 is 0 Å². The van der Waals surface area contributed by atoms with Crippen LogP contribution < -0.4 is 9.80 Å². The third-order valence-corrected chi connectivity index (χ3v) is 4.17. The third kappa shape index (κ3) is 1.68. The fourth-order valence-corrected chi connectivity index (χ4v) is 3.11. The molecule has 0 spiro atoms. The predicted octanol–water partition coefficient (Wildman–Crippen LogP) is 1.63. The molecule has 110 valence electrons. The van der Waals surface area contributed by atoms with Crippen molar-refractivity contribution in [3.05, 3.63) is 54.4 Å². The Labute approximate surface area is 131 Å². The molecular weight excluding hydrogens is 278 g/mol. The molecule has 1 aromatic carbocycles. The van der Waals surface area contributed by atoms with Crippen molar-refractivity contribution in [2.75, 3.05) is 16.8 Å². The van der Waals surface area contributed by atoms with Gasteiger partial charge in [-0.05, 0) is 24.3 Å². The van der Waals surface area contributed by atoms with Gasteiger partial charge in [-0.25, -0.2) is 4.90 Å². The molecule has 2 amide bonds. The summed E-state index contributed by atoms with van der Waals surface area (Å²) in [4.78, 5) is 32.8. The van der Waals surface area contributed by atoms with E-state index < -0.39 is 30.1 Å². The third-order valence-electron chi connectivity index (χ3n) is 4.17. The highest BCUT2D eigenvalue weighted by atomic mass is 16.2. The van der Waals surface area contributed by atoms with Crippen LogP contribution in [-0.2, 0) is 16.0 Å². The number of carbonyl (C=O) groups is 2.